The van der Waals surface area contributed by atoms with Gasteiger partial charge in [0.1, 0.15) is 0 Å². The first-order valence-corrected chi connectivity index (χ1v) is 5.07. The van der Waals surface area contributed by atoms with Crippen LogP contribution in [0, 0.1) is 6.92 Å². The summed E-state index contributed by atoms with van der Waals surface area (Å²) >= 11 is 2.96. The number of rotatable bonds is 1. The summed E-state index contributed by atoms with van der Waals surface area (Å²) < 4.78 is 0. The zero-order valence-electron chi connectivity index (χ0n) is 6.37. The van der Waals surface area contributed by atoms with Crippen molar-refractivity contribution in [3.05, 3.63) is 11.1 Å². The molecule has 0 saturated heterocycles. The fourth-order valence-electron chi connectivity index (χ4n) is 0.534. The molecule has 1 aromatic heterocycles. The molecule has 11 heavy (non-hydrogen) atoms. The van der Waals surface area contributed by atoms with Crippen molar-refractivity contribution in [3.63, 3.8) is 0 Å². The van der Waals surface area contributed by atoms with E-state index in [-0.39, 0.29) is 0 Å². The van der Waals surface area contributed by atoms with Crippen molar-refractivity contribution in [2.45, 2.75) is 6.92 Å². The molecule has 0 amide bonds. The van der Waals surface area contributed by atoms with Crippen LogP contribution >= 0.6 is 23.1 Å². The summed E-state index contributed by atoms with van der Waals surface area (Å²) in [7, 11) is 0. The van der Waals surface area contributed by atoms with Crippen LogP contribution in [-0.2, 0) is 0 Å². The quantitative estimate of drug-likeness (QED) is 0.538. The third-order valence-corrected chi connectivity index (χ3v) is 2.34. The van der Waals surface area contributed by atoms with Crippen LogP contribution < -0.4 is 5.73 Å². The summed E-state index contributed by atoms with van der Waals surface area (Å²) in [6, 6.07) is 0. The van der Waals surface area contributed by atoms with Crippen LogP contribution in [0.2, 0.25) is 0 Å². The second kappa shape index (κ2) is 3.73. The van der Waals surface area contributed by atoms with Gasteiger partial charge in [-0.05, 0) is 13.2 Å². The second-order valence-corrected chi connectivity index (χ2v) is 3.95. The molecule has 0 aliphatic carbocycles. The Labute approximate surface area is 73.7 Å². The first-order valence-electron chi connectivity index (χ1n) is 3.03. The van der Waals surface area contributed by atoms with E-state index in [0.29, 0.717) is 5.17 Å². The third-order valence-electron chi connectivity index (χ3n) is 1.02. The lowest BCUT2D eigenvalue weighted by Gasteiger charge is -1.89. The fraction of sp³-hybridized carbons (Fsp3) is 0.333. The molecule has 0 unspecified atom stereocenters. The number of nitrogens with zero attached hydrogens (tertiary/aromatic N) is 2. The minimum absolute atomic E-state index is 0.555. The molecule has 0 aliphatic heterocycles. The van der Waals surface area contributed by atoms with Gasteiger partial charge in [-0.1, -0.05) is 11.8 Å². The molecule has 5 heteroatoms. The lowest BCUT2D eigenvalue weighted by atomic mass is 10.7. The maximum Gasteiger partial charge on any atom is 0.211 e. The predicted molar refractivity (Wildman–Crippen MR) is 51.6 cm³/mol. The van der Waals surface area contributed by atoms with Crippen LogP contribution in [0.15, 0.2) is 11.2 Å². The van der Waals surface area contributed by atoms with E-state index >= 15 is 0 Å². The van der Waals surface area contributed by atoms with E-state index in [1.807, 2.05) is 13.2 Å². The summed E-state index contributed by atoms with van der Waals surface area (Å²) in [5.41, 5.74) is 5.49. The Hall–Kier alpha value is -0.550. The molecule has 3 nitrogen and oxygen atoms in total. The number of nitrogens with two attached hydrogens (primary N) is 1. The average Bonchev–Trinajstić information content (AvgIpc) is 2.35. The first kappa shape index (κ1) is 8.55. The van der Waals surface area contributed by atoms with Gasteiger partial charge in [-0.25, -0.2) is 4.98 Å². The van der Waals surface area contributed by atoms with Gasteiger partial charge in [0.15, 0.2) is 5.17 Å². The maximum absolute atomic E-state index is 5.49. The van der Waals surface area contributed by atoms with Crippen LogP contribution in [0.1, 0.15) is 4.88 Å². The molecule has 1 heterocycles. The van der Waals surface area contributed by atoms with Crippen molar-refractivity contribution in [3.8, 4) is 0 Å². The molecule has 0 aromatic carbocycles. The van der Waals surface area contributed by atoms with E-state index in [0.717, 1.165) is 10.0 Å². The number of thiazole rings is 1. The zero-order valence-corrected chi connectivity index (χ0v) is 8.00. The van der Waals surface area contributed by atoms with E-state index in [2.05, 4.69) is 9.98 Å². The van der Waals surface area contributed by atoms with Gasteiger partial charge in [0, 0.05) is 11.1 Å². The fourth-order valence-corrected chi connectivity index (χ4v) is 1.41. The van der Waals surface area contributed by atoms with Crippen LogP contribution in [0.25, 0.3) is 0 Å². The SMILES string of the molecule is CSC(N)=Nc1ncc(C)s1. The lowest BCUT2D eigenvalue weighted by Crippen LogP contribution is -2.03. The summed E-state index contributed by atoms with van der Waals surface area (Å²) in [6.45, 7) is 1.99. The topological polar surface area (TPSA) is 51.3 Å². The van der Waals surface area contributed by atoms with Gasteiger partial charge in [-0.15, -0.1) is 11.3 Å². The number of amidine groups is 1. The molecule has 0 bridgehead atoms. The van der Waals surface area contributed by atoms with Gasteiger partial charge in [-0.2, -0.15) is 4.99 Å². The number of hydrogen-bond donors (Lipinski definition) is 1. The van der Waals surface area contributed by atoms with Crippen LogP contribution in [0.5, 0.6) is 0 Å². The maximum atomic E-state index is 5.49. The minimum atomic E-state index is 0.555. The van der Waals surface area contributed by atoms with Gasteiger partial charge in [0.2, 0.25) is 5.13 Å². The van der Waals surface area contributed by atoms with Crippen molar-refractivity contribution < 1.29 is 0 Å². The molecule has 0 fully saturated rings. The molecule has 2 N–H and O–H groups in total. The van der Waals surface area contributed by atoms with Gasteiger partial charge < -0.3 is 5.73 Å². The van der Waals surface area contributed by atoms with Crippen LogP contribution in [0.3, 0.4) is 0 Å². The summed E-state index contributed by atoms with van der Waals surface area (Å²) in [4.78, 5) is 9.26. The highest BCUT2D eigenvalue weighted by Gasteiger charge is 1.95. The summed E-state index contributed by atoms with van der Waals surface area (Å²) in [5, 5.41) is 1.29. The molecule has 0 saturated carbocycles. The van der Waals surface area contributed by atoms with Crippen molar-refractivity contribution in [2.24, 2.45) is 10.7 Å². The molecule has 0 radical (unpaired) electrons. The normalized spacial score (nSPS) is 12.0. The van der Waals surface area contributed by atoms with Crippen molar-refractivity contribution in [1.29, 1.82) is 0 Å². The molecule has 60 valence electrons. The van der Waals surface area contributed by atoms with Crippen LogP contribution in [-0.4, -0.2) is 16.4 Å². The lowest BCUT2D eigenvalue weighted by molar-refractivity contribution is 1.34. The Balaban J connectivity index is 2.78. The minimum Gasteiger partial charge on any atom is -0.378 e. The van der Waals surface area contributed by atoms with Gasteiger partial charge >= 0.3 is 0 Å². The molecule has 0 atom stereocenters. The van der Waals surface area contributed by atoms with Crippen molar-refractivity contribution >= 4 is 33.4 Å². The average molecular weight is 187 g/mol. The Morgan fingerprint density at radius 3 is 3.00 bits per heavy atom. The highest BCUT2D eigenvalue weighted by Crippen LogP contribution is 2.20. The van der Waals surface area contributed by atoms with E-state index in [1.165, 1.54) is 23.1 Å². The smallest absolute Gasteiger partial charge is 0.211 e. The van der Waals surface area contributed by atoms with Crippen molar-refractivity contribution in [1.82, 2.24) is 4.98 Å². The molecule has 0 aliphatic rings. The second-order valence-electron chi connectivity index (χ2n) is 1.91. The summed E-state index contributed by atoms with van der Waals surface area (Å²) in [6.07, 6.45) is 3.68. The zero-order chi connectivity index (χ0) is 8.27. The molecule has 0 spiro atoms. The molecular formula is C6H9N3S2. The van der Waals surface area contributed by atoms with Gasteiger partial charge in [-0.3, -0.25) is 0 Å². The Bertz CT molecular complexity index is 267. The van der Waals surface area contributed by atoms with Crippen LogP contribution in [0.4, 0.5) is 5.13 Å². The highest BCUT2D eigenvalue weighted by atomic mass is 32.2. The Morgan fingerprint density at radius 1 is 1.82 bits per heavy atom. The van der Waals surface area contributed by atoms with E-state index in [1.54, 1.807) is 6.20 Å². The van der Waals surface area contributed by atoms with Crippen molar-refractivity contribution in [2.75, 3.05) is 6.26 Å². The van der Waals surface area contributed by atoms with E-state index < -0.39 is 0 Å². The number of aromatic nitrogens is 1. The molecule has 1 aromatic rings. The summed E-state index contributed by atoms with van der Waals surface area (Å²) in [5.74, 6) is 0. The number of thioether (sulfide) groups is 1. The van der Waals surface area contributed by atoms with Gasteiger partial charge in [0.25, 0.3) is 0 Å². The predicted octanol–water partition coefficient (Wildman–Crippen LogP) is 1.76. The monoisotopic (exact) mass is 187 g/mol. The largest absolute Gasteiger partial charge is 0.378 e. The molecule has 1 rings (SSSR count). The number of aliphatic imine (C=N–C) groups is 1. The van der Waals surface area contributed by atoms with E-state index in [9.17, 15) is 0 Å². The number of aryl methyl sites for hydroxylation is 1. The number of hydrogen-bond acceptors (Lipinski definition) is 4. The first-order chi connectivity index (χ1) is 5.22. The van der Waals surface area contributed by atoms with E-state index in [4.69, 9.17) is 5.73 Å². The molecular weight excluding hydrogens is 178 g/mol. The third kappa shape index (κ3) is 2.51. The highest BCUT2D eigenvalue weighted by molar-refractivity contribution is 8.13. The van der Waals surface area contributed by atoms with Gasteiger partial charge in [0.05, 0.1) is 0 Å². The standard InChI is InChI=1S/C6H9N3S2/c1-4-3-8-6(11-4)9-5(7)10-2/h3H,1-2H3,(H2,7,8,9). The Morgan fingerprint density at radius 2 is 2.55 bits per heavy atom. The Kier molecular flexibility index (Phi) is 2.90.